The number of carbonyl (C=O) groups excluding carboxylic acids is 2. The number of benzene rings is 3. The molecule has 0 spiro atoms. The Balaban J connectivity index is 1.79. The lowest BCUT2D eigenvalue weighted by Crippen LogP contribution is -2.35. The van der Waals surface area contributed by atoms with Gasteiger partial charge in [-0.3, -0.25) is 10.1 Å². The van der Waals surface area contributed by atoms with E-state index in [1.165, 1.54) is 0 Å². The van der Waals surface area contributed by atoms with E-state index in [-0.39, 0.29) is 10.6 Å². The van der Waals surface area contributed by atoms with Crippen molar-refractivity contribution in [3.63, 3.8) is 0 Å². The van der Waals surface area contributed by atoms with Crippen molar-refractivity contribution >= 4 is 56.8 Å². The molecule has 0 radical (unpaired) electrons. The van der Waals surface area contributed by atoms with E-state index in [1.54, 1.807) is 42.5 Å². The molecule has 2 N–H and O–H groups in total. The van der Waals surface area contributed by atoms with Crippen molar-refractivity contribution in [3.05, 3.63) is 85.3 Å². The summed E-state index contributed by atoms with van der Waals surface area (Å²) in [7, 11) is 0. The van der Waals surface area contributed by atoms with Crippen molar-refractivity contribution in [2.24, 2.45) is 0 Å². The van der Waals surface area contributed by atoms with Gasteiger partial charge in [0, 0.05) is 10.7 Å². The second-order valence-electron chi connectivity index (χ2n) is 6.88. The van der Waals surface area contributed by atoms with Crippen LogP contribution in [0.4, 0.5) is 10.5 Å². The fourth-order valence-electron chi connectivity index (χ4n) is 2.98. The van der Waals surface area contributed by atoms with Crippen LogP contribution in [0, 0.1) is 20.8 Å². The molecule has 160 valence electrons. The first-order valence-electron chi connectivity index (χ1n) is 9.28. The third-order valence-electron chi connectivity index (χ3n) is 4.75. The number of ether oxygens (including phenoxy) is 1. The molecule has 0 saturated heterocycles. The molecule has 5 nitrogen and oxygen atoms in total. The molecule has 0 heterocycles. The van der Waals surface area contributed by atoms with E-state index in [0.717, 1.165) is 21.2 Å². The maximum absolute atomic E-state index is 12.4. The highest BCUT2D eigenvalue weighted by Gasteiger charge is 2.17. The summed E-state index contributed by atoms with van der Waals surface area (Å²) in [5.74, 6) is 0.689. The highest BCUT2D eigenvalue weighted by molar-refractivity contribution is 9.10. The average molecular weight is 522 g/mol. The summed E-state index contributed by atoms with van der Waals surface area (Å²) in [5, 5.41) is 5.92. The van der Waals surface area contributed by atoms with Crippen LogP contribution < -0.4 is 15.4 Å². The quantitative estimate of drug-likeness (QED) is 0.375. The molecule has 0 fully saturated rings. The van der Waals surface area contributed by atoms with Crippen molar-refractivity contribution in [2.75, 3.05) is 5.32 Å². The molecule has 0 saturated carbocycles. The number of aryl methyl sites for hydroxylation is 1. The molecule has 0 atom stereocenters. The van der Waals surface area contributed by atoms with Gasteiger partial charge in [-0.2, -0.15) is 0 Å². The predicted molar refractivity (Wildman–Crippen MR) is 128 cm³/mol. The molecule has 0 aliphatic rings. The Morgan fingerprint density at radius 3 is 2.32 bits per heavy atom. The van der Waals surface area contributed by atoms with Crippen LogP contribution in [0.5, 0.6) is 11.5 Å². The molecule has 0 bridgehead atoms. The number of carbonyl (C=O) groups is 2. The predicted octanol–water partition coefficient (Wildman–Crippen LogP) is 7.44. The first-order valence-corrected chi connectivity index (χ1v) is 10.8. The summed E-state index contributed by atoms with van der Waals surface area (Å²) in [6.07, 6.45) is 0. The van der Waals surface area contributed by atoms with Crippen LogP contribution >= 0.6 is 39.1 Å². The van der Waals surface area contributed by atoms with Gasteiger partial charge >= 0.3 is 6.03 Å². The number of hydrogen-bond donors (Lipinski definition) is 2. The van der Waals surface area contributed by atoms with Crippen LogP contribution in [0.2, 0.25) is 10.0 Å². The number of anilines is 1. The van der Waals surface area contributed by atoms with E-state index >= 15 is 0 Å². The lowest BCUT2D eigenvalue weighted by Gasteiger charge is -2.18. The molecule has 3 aromatic carbocycles. The monoisotopic (exact) mass is 520 g/mol. The third-order valence-corrected chi connectivity index (χ3v) is 5.93. The number of amides is 3. The van der Waals surface area contributed by atoms with Crippen molar-refractivity contribution < 1.29 is 14.3 Å². The second-order valence-corrected chi connectivity index (χ2v) is 8.58. The van der Waals surface area contributed by atoms with Crippen molar-refractivity contribution in [1.29, 1.82) is 0 Å². The SMILES string of the molecule is Cc1cc(Oc2ccc(Cl)cc2Br)c(C)c(C)c1NC(=O)NC(=O)c1ccccc1Cl. The fraction of sp³-hybridized carbons (Fsp3) is 0.130. The number of hydrogen-bond acceptors (Lipinski definition) is 3. The van der Waals surface area contributed by atoms with Crippen LogP contribution in [0.3, 0.4) is 0 Å². The van der Waals surface area contributed by atoms with Crippen LogP contribution in [-0.4, -0.2) is 11.9 Å². The average Bonchev–Trinajstić information content (AvgIpc) is 2.71. The first kappa shape index (κ1) is 23.1. The van der Waals surface area contributed by atoms with E-state index in [0.29, 0.717) is 22.2 Å². The van der Waals surface area contributed by atoms with Gasteiger partial charge < -0.3 is 10.1 Å². The summed E-state index contributed by atoms with van der Waals surface area (Å²) in [6, 6.07) is 13.0. The van der Waals surface area contributed by atoms with E-state index in [9.17, 15) is 9.59 Å². The van der Waals surface area contributed by atoms with E-state index in [2.05, 4.69) is 26.6 Å². The van der Waals surface area contributed by atoms with Crippen LogP contribution in [0.1, 0.15) is 27.0 Å². The fourth-order valence-corrected chi connectivity index (χ4v) is 3.97. The second kappa shape index (κ2) is 9.73. The first-order chi connectivity index (χ1) is 14.7. The van der Waals surface area contributed by atoms with Crippen molar-refractivity contribution in [2.45, 2.75) is 20.8 Å². The van der Waals surface area contributed by atoms with Crippen LogP contribution in [0.25, 0.3) is 0 Å². The summed E-state index contributed by atoms with van der Waals surface area (Å²) >= 11 is 15.5. The maximum atomic E-state index is 12.4. The Labute approximate surface area is 198 Å². The molecule has 0 unspecified atom stereocenters. The van der Waals surface area contributed by atoms with Crippen LogP contribution in [0.15, 0.2) is 53.0 Å². The normalized spacial score (nSPS) is 10.5. The molecular weight excluding hydrogens is 503 g/mol. The minimum Gasteiger partial charge on any atom is -0.456 e. The summed E-state index contributed by atoms with van der Waals surface area (Å²) in [6.45, 7) is 5.62. The highest BCUT2D eigenvalue weighted by atomic mass is 79.9. The van der Waals surface area contributed by atoms with Gasteiger partial charge in [0.2, 0.25) is 0 Å². The molecule has 3 amide bonds. The lowest BCUT2D eigenvalue weighted by atomic mass is 10.0. The molecule has 3 aromatic rings. The van der Waals surface area contributed by atoms with Gasteiger partial charge in [0.15, 0.2) is 0 Å². The Morgan fingerprint density at radius 2 is 1.65 bits per heavy atom. The molecule has 3 rings (SSSR count). The molecule has 0 aromatic heterocycles. The van der Waals surface area contributed by atoms with Gasteiger partial charge in [-0.05, 0) is 89.8 Å². The highest BCUT2D eigenvalue weighted by Crippen LogP contribution is 2.37. The number of halogens is 3. The van der Waals surface area contributed by atoms with Gasteiger partial charge in [-0.1, -0.05) is 35.3 Å². The maximum Gasteiger partial charge on any atom is 0.326 e. The van der Waals surface area contributed by atoms with E-state index in [4.69, 9.17) is 27.9 Å². The van der Waals surface area contributed by atoms with Crippen molar-refractivity contribution in [1.82, 2.24) is 5.32 Å². The number of imide groups is 1. The summed E-state index contributed by atoms with van der Waals surface area (Å²) in [4.78, 5) is 24.8. The largest absolute Gasteiger partial charge is 0.456 e. The summed E-state index contributed by atoms with van der Waals surface area (Å²) in [5.41, 5.74) is 3.27. The van der Waals surface area contributed by atoms with Gasteiger partial charge in [0.05, 0.1) is 15.1 Å². The zero-order chi connectivity index (χ0) is 22.7. The van der Waals surface area contributed by atoms with Gasteiger partial charge in [-0.25, -0.2) is 4.79 Å². The number of nitrogens with one attached hydrogen (secondary N) is 2. The van der Waals surface area contributed by atoms with Gasteiger partial charge in [0.1, 0.15) is 11.5 Å². The van der Waals surface area contributed by atoms with Gasteiger partial charge in [-0.15, -0.1) is 0 Å². The standard InChI is InChI=1S/C23H19BrCl2N2O3/c1-12-10-20(31-19-9-8-15(25)11-17(19)24)13(2)14(3)21(12)27-23(30)28-22(29)16-6-4-5-7-18(16)26/h4-11H,1-3H3,(H2,27,28,29,30). The topological polar surface area (TPSA) is 67.4 Å². The molecule has 0 aliphatic carbocycles. The van der Waals surface area contributed by atoms with E-state index < -0.39 is 11.9 Å². The Bertz CT molecular complexity index is 1180. The van der Waals surface area contributed by atoms with E-state index in [1.807, 2.05) is 26.8 Å². The number of urea groups is 1. The zero-order valence-electron chi connectivity index (χ0n) is 17.0. The molecule has 8 heteroatoms. The van der Waals surface area contributed by atoms with Crippen molar-refractivity contribution in [3.8, 4) is 11.5 Å². The summed E-state index contributed by atoms with van der Waals surface area (Å²) < 4.78 is 6.78. The smallest absolute Gasteiger partial charge is 0.326 e. The van der Waals surface area contributed by atoms with Gasteiger partial charge in [0.25, 0.3) is 5.91 Å². The Hall–Kier alpha value is -2.54. The molecular formula is C23H19BrCl2N2O3. The lowest BCUT2D eigenvalue weighted by molar-refractivity contribution is 0.0967. The number of rotatable bonds is 4. The molecule has 31 heavy (non-hydrogen) atoms. The van der Waals surface area contributed by atoms with Crippen LogP contribution in [-0.2, 0) is 0 Å². The zero-order valence-corrected chi connectivity index (χ0v) is 20.1. The molecule has 0 aliphatic heterocycles. The minimum absolute atomic E-state index is 0.223. The Morgan fingerprint density at radius 1 is 0.935 bits per heavy atom. The Kier molecular flexibility index (Phi) is 7.26. The minimum atomic E-state index is -0.648. The third kappa shape index (κ3) is 5.39.